The molecule has 0 saturated carbocycles. The number of rotatable bonds is 6. The van der Waals surface area contributed by atoms with Gasteiger partial charge in [0.1, 0.15) is 18.2 Å². The van der Waals surface area contributed by atoms with Crippen LogP contribution in [0.15, 0.2) is 41.7 Å². The molecule has 24 heavy (non-hydrogen) atoms. The van der Waals surface area contributed by atoms with Crippen LogP contribution in [0.1, 0.15) is 11.5 Å². The van der Waals surface area contributed by atoms with E-state index in [2.05, 4.69) is 15.3 Å². The van der Waals surface area contributed by atoms with E-state index in [0.717, 1.165) is 11.4 Å². The zero-order valence-electron chi connectivity index (χ0n) is 12.9. The fourth-order valence-electron chi connectivity index (χ4n) is 2.12. The van der Waals surface area contributed by atoms with Crippen LogP contribution < -0.4 is 5.73 Å². The molecule has 3 aromatic rings. The van der Waals surface area contributed by atoms with Crippen LogP contribution in [0.3, 0.4) is 0 Å². The summed E-state index contributed by atoms with van der Waals surface area (Å²) in [5.74, 6) is 0.463. The van der Waals surface area contributed by atoms with E-state index in [4.69, 9.17) is 5.73 Å². The third kappa shape index (κ3) is 3.62. The van der Waals surface area contributed by atoms with E-state index >= 15 is 0 Å². The lowest BCUT2D eigenvalue weighted by atomic mass is 10.3. The number of amides is 1. The minimum atomic E-state index is -0.444. The highest BCUT2D eigenvalue weighted by molar-refractivity contribution is 7.98. The molecule has 0 saturated heterocycles. The molecular weight excluding hydrogens is 331 g/mol. The average molecular weight is 346 g/mol. The Hall–Kier alpha value is -2.68. The number of carbonyl (C=O) groups is 1. The van der Waals surface area contributed by atoms with Crippen LogP contribution in [0.5, 0.6) is 0 Å². The van der Waals surface area contributed by atoms with Crippen molar-refractivity contribution < 1.29 is 9.18 Å². The fourth-order valence-corrected chi connectivity index (χ4v) is 3.00. The standard InChI is InChI=1S/C15H15FN6OS/c1-10-18-19-15(21(10)8-14(17)23)24-9-12-6-7-22(20-12)13-4-2-11(16)3-5-13/h2-7H,8-9H2,1H3,(H2,17,23). The molecule has 0 fully saturated rings. The third-order valence-corrected chi connectivity index (χ3v) is 4.30. The normalized spacial score (nSPS) is 10.9. The molecule has 0 atom stereocenters. The van der Waals surface area contributed by atoms with Crippen molar-refractivity contribution in [2.24, 2.45) is 5.73 Å². The Morgan fingerprint density at radius 3 is 2.71 bits per heavy atom. The summed E-state index contributed by atoms with van der Waals surface area (Å²) >= 11 is 1.42. The van der Waals surface area contributed by atoms with Crippen molar-refractivity contribution in [3.63, 3.8) is 0 Å². The van der Waals surface area contributed by atoms with Crippen LogP contribution in [0.2, 0.25) is 0 Å². The molecule has 124 valence electrons. The van der Waals surface area contributed by atoms with Crippen molar-refractivity contribution in [1.82, 2.24) is 24.5 Å². The predicted octanol–water partition coefficient (Wildman–Crippen LogP) is 1.69. The van der Waals surface area contributed by atoms with Crippen LogP contribution in [0.4, 0.5) is 4.39 Å². The SMILES string of the molecule is Cc1nnc(SCc2ccn(-c3ccc(F)cc3)n2)n1CC(N)=O. The number of hydrogen-bond donors (Lipinski definition) is 1. The Morgan fingerprint density at radius 1 is 1.25 bits per heavy atom. The van der Waals surface area contributed by atoms with Gasteiger partial charge in [-0.2, -0.15) is 5.10 Å². The Morgan fingerprint density at radius 2 is 2.00 bits per heavy atom. The van der Waals surface area contributed by atoms with Gasteiger partial charge in [0.05, 0.1) is 11.4 Å². The highest BCUT2D eigenvalue weighted by Gasteiger charge is 2.12. The van der Waals surface area contributed by atoms with Crippen LogP contribution in [0, 0.1) is 12.7 Å². The van der Waals surface area contributed by atoms with Crippen LogP contribution >= 0.6 is 11.8 Å². The fraction of sp³-hybridized carbons (Fsp3) is 0.200. The Labute approximate surface area is 141 Å². The molecule has 0 radical (unpaired) electrons. The first-order valence-electron chi connectivity index (χ1n) is 7.14. The summed E-state index contributed by atoms with van der Waals surface area (Å²) in [5.41, 5.74) is 6.85. The largest absolute Gasteiger partial charge is 0.368 e. The van der Waals surface area contributed by atoms with E-state index in [0.29, 0.717) is 16.7 Å². The van der Waals surface area contributed by atoms with Crippen molar-refractivity contribution in [2.75, 3.05) is 0 Å². The summed E-state index contributed by atoms with van der Waals surface area (Å²) in [6, 6.07) is 7.97. The van der Waals surface area contributed by atoms with Gasteiger partial charge >= 0.3 is 0 Å². The van der Waals surface area contributed by atoms with Crippen molar-refractivity contribution in [3.05, 3.63) is 53.9 Å². The highest BCUT2D eigenvalue weighted by atomic mass is 32.2. The van der Waals surface area contributed by atoms with E-state index < -0.39 is 5.91 Å². The third-order valence-electron chi connectivity index (χ3n) is 3.30. The smallest absolute Gasteiger partial charge is 0.237 e. The molecule has 2 aromatic heterocycles. The molecule has 2 N–H and O–H groups in total. The van der Waals surface area contributed by atoms with Crippen molar-refractivity contribution >= 4 is 17.7 Å². The lowest BCUT2D eigenvalue weighted by Crippen LogP contribution is -2.20. The zero-order valence-corrected chi connectivity index (χ0v) is 13.7. The van der Waals surface area contributed by atoms with Gasteiger partial charge in [0.2, 0.25) is 5.91 Å². The van der Waals surface area contributed by atoms with E-state index in [-0.39, 0.29) is 12.4 Å². The molecule has 0 aliphatic rings. The second-order valence-electron chi connectivity index (χ2n) is 5.10. The lowest BCUT2D eigenvalue weighted by molar-refractivity contribution is -0.118. The molecule has 2 heterocycles. The maximum atomic E-state index is 13.0. The maximum Gasteiger partial charge on any atom is 0.237 e. The van der Waals surface area contributed by atoms with Crippen molar-refractivity contribution in [2.45, 2.75) is 24.4 Å². The first-order valence-corrected chi connectivity index (χ1v) is 8.13. The number of primary amides is 1. The van der Waals surface area contributed by atoms with E-state index in [1.165, 1.54) is 23.9 Å². The Bertz CT molecular complexity index is 857. The second-order valence-corrected chi connectivity index (χ2v) is 6.04. The summed E-state index contributed by atoms with van der Waals surface area (Å²) in [6.07, 6.45) is 1.81. The minimum absolute atomic E-state index is 0.0468. The number of thioether (sulfide) groups is 1. The number of aryl methyl sites for hydroxylation is 1. The number of hydrogen-bond acceptors (Lipinski definition) is 5. The van der Waals surface area contributed by atoms with E-state index in [1.807, 2.05) is 12.3 Å². The van der Waals surface area contributed by atoms with Gasteiger partial charge in [0.25, 0.3) is 0 Å². The second kappa shape index (κ2) is 6.83. The number of benzene rings is 1. The Kier molecular flexibility index (Phi) is 4.61. The van der Waals surface area contributed by atoms with Gasteiger partial charge in [-0.3, -0.25) is 9.36 Å². The summed E-state index contributed by atoms with van der Waals surface area (Å²) < 4.78 is 16.3. The number of aromatic nitrogens is 5. The first-order chi connectivity index (χ1) is 11.5. The Balaban J connectivity index is 1.70. The molecular formula is C15H15FN6OS. The van der Waals surface area contributed by atoms with Crippen LogP contribution in [-0.4, -0.2) is 30.5 Å². The highest BCUT2D eigenvalue weighted by Crippen LogP contribution is 2.21. The summed E-state index contributed by atoms with van der Waals surface area (Å²) in [4.78, 5) is 11.1. The number of nitrogens with two attached hydrogens (primary N) is 1. The van der Waals surface area contributed by atoms with Crippen LogP contribution in [-0.2, 0) is 17.1 Å². The molecule has 0 bridgehead atoms. The van der Waals surface area contributed by atoms with Gasteiger partial charge < -0.3 is 5.73 Å². The van der Waals surface area contributed by atoms with E-state index in [1.54, 1.807) is 28.3 Å². The van der Waals surface area contributed by atoms with Gasteiger partial charge in [0.15, 0.2) is 5.16 Å². The monoisotopic (exact) mass is 346 g/mol. The minimum Gasteiger partial charge on any atom is -0.368 e. The molecule has 0 spiro atoms. The number of halogens is 1. The van der Waals surface area contributed by atoms with Gasteiger partial charge in [-0.1, -0.05) is 11.8 Å². The molecule has 7 nitrogen and oxygen atoms in total. The number of carbonyl (C=O) groups excluding carboxylic acids is 1. The van der Waals surface area contributed by atoms with Gasteiger partial charge in [-0.05, 0) is 37.3 Å². The van der Waals surface area contributed by atoms with Gasteiger partial charge in [-0.25, -0.2) is 9.07 Å². The molecule has 0 aliphatic carbocycles. The molecule has 1 amide bonds. The summed E-state index contributed by atoms with van der Waals surface area (Å²) in [5, 5.41) is 13.1. The molecule has 0 unspecified atom stereocenters. The summed E-state index contributed by atoms with van der Waals surface area (Å²) in [6.45, 7) is 1.81. The topological polar surface area (TPSA) is 91.6 Å². The number of nitrogens with zero attached hydrogens (tertiary/aromatic N) is 5. The molecule has 3 rings (SSSR count). The molecule has 0 aliphatic heterocycles. The predicted molar refractivity (Wildman–Crippen MR) is 87.0 cm³/mol. The summed E-state index contributed by atoms with van der Waals surface area (Å²) in [7, 11) is 0. The van der Waals surface area contributed by atoms with Gasteiger partial charge in [0, 0.05) is 11.9 Å². The first kappa shape index (κ1) is 16.2. The van der Waals surface area contributed by atoms with Gasteiger partial charge in [-0.15, -0.1) is 10.2 Å². The van der Waals surface area contributed by atoms with Crippen molar-refractivity contribution in [3.8, 4) is 5.69 Å². The zero-order chi connectivity index (χ0) is 17.1. The molecule has 9 heteroatoms. The maximum absolute atomic E-state index is 13.0. The molecule has 1 aromatic carbocycles. The van der Waals surface area contributed by atoms with Crippen molar-refractivity contribution in [1.29, 1.82) is 0 Å². The van der Waals surface area contributed by atoms with Crippen LogP contribution in [0.25, 0.3) is 5.69 Å². The quantitative estimate of drug-likeness (QED) is 0.686. The van der Waals surface area contributed by atoms with E-state index in [9.17, 15) is 9.18 Å². The average Bonchev–Trinajstić information content (AvgIpc) is 3.14. The lowest BCUT2D eigenvalue weighted by Gasteiger charge is -2.04.